The summed E-state index contributed by atoms with van der Waals surface area (Å²) in [5.41, 5.74) is 1.78. The summed E-state index contributed by atoms with van der Waals surface area (Å²) < 4.78 is 13.0. The van der Waals surface area contributed by atoms with Crippen LogP contribution < -0.4 is 0 Å². The first-order valence-corrected chi connectivity index (χ1v) is 7.38. The van der Waals surface area contributed by atoms with Crippen molar-refractivity contribution in [2.24, 2.45) is 0 Å². The van der Waals surface area contributed by atoms with E-state index in [9.17, 15) is 4.11 Å². The van der Waals surface area contributed by atoms with Gasteiger partial charge < -0.3 is 4.11 Å². The van der Waals surface area contributed by atoms with Crippen molar-refractivity contribution in [2.45, 2.75) is 45.7 Å². The van der Waals surface area contributed by atoms with Crippen molar-refractivity contribution in [2.75, 3.05) is 0 Å². The zero-order valence-corrected chi connectivity index (χ0v) is 8.86. The van der Waals surface area contributed by atoms with Gasteiger partial charge in [0.1, 0.15) is 0 Å². The summed E-state index contributed by atoms with van der Waals surface area (Å²) in [5, 5.41) is 0. The van der Waals surface area contributed by atoms with E-state index < -0.39 is 8.41 Å². The fraction of sp³-hybridized carbons (Fsp3) is 0.778. The molecule has 11 heavy (non-hydrogen) atoms. The van der Waals surface area contributed by atoms with Gasteiger partial charge in [0.15, 0.2) is 0 Å². The van der Waals surface area contributed by atoms with Crippen LogP contribution in [-0.2, 0) is 0 Å². The summed E-state index contributed by atoms with van der Waals surface area (Å²) in [7, 11) is -2.40. The Morgan fingerprint density at radius 3 is 2.36 bits per heavy atom. The molecule has 0 fully saturated rings. The van der Waals surface area contributed by atoms with Crippen LogP contribution in [0.4, 0.5) is 4.11 Å². The molecule has 0 aromatic heterocycles. The zero-order valence-electron chi connectivity index (χ0n) is 7.86. The summed E-state index contributed by atoms with van der Waals surface area (Å²) in [4.78, 5) is 0. The van der Waals surface area contributed by atoms with E-state index in [2.05, 4.69) is 6.92 Å². The van der Waals surface area contributed by atoms with Crippen LogP contribution >= 0.6 is 0 Å². The molecular formula is C9H19FSi. The molecule has 0 bridgehead atoms. The van der Waals surface area contributed by atoms with Gasteiger partial charge in [0, 0.05) is 0 Å². The van der Waals surface area contributed by atoms with E-state index >= 15 is 0 Å². The number of allylic oxidation sites excluding steroid dienone is 1. The Kier molecular flexibility index (Phi) is 5.47. The van der Waals surface area contributed by atoms with Gasteiger partial charge in [0.05, 0.1) is 0 Å². The highest BCUT2D eigenvalue weighted by molar-refractivity contribution is 6.75. The molecule has 0 spiro atoms. The number of unbranched alkanes of at least 4 members (excludes halogenated alkanes) is 3. The Bertz CT molecular complexity index is 113. The van der Waals surface area contributed by atoms with E-state index in [0.29, 0.717) is 0 Å². The molecule has 0 radical (unpaired) electrons. The van der Waals surface area contributed by atoms with Gasteiger partial charge in [0.2, 0.25) is 0 Å². The van der Waals surface area contributed by atoms with Gasteiger partial charge in [0.25, 0.3) is 8.41 Å². The van der Waals surface area contributed by atoms with E-state index in [0.717, 1.165) is 6.42 Å². The molecule has 0 saturated carbocycles. The zero-order chi connectivity index (χ0) is 8.74. The van der Waals surface area contributed by atoms with Crippen molar-refractivity contribution in [1.82, 2.24) is 0 Å². The minimum absolute atomic E-state index is 1.05. The van der Waals surface area contributed by atoms with Crippen molar-refractivity contribution in [3.8, 4) is 0 Å². The molecule has 0 aromatic carbocycles. The van der Waals surface area contributed by atoms with Crippen LogP contribution in [-0.4, -0.2) is 8.41 Å². The molecule has 2 heteroatoms. The molecule has 0 rings (SSSR count). The largest absolute Gasteiger partial charge is 0.309 e. The lowest BCUT2D eigenvalue weighted by atomic mass is 10.2. The van der Waals surface area contributed by atoms with Gasteiger partial charge in [-0.1, -0.05) is 31.5 Å². The van der Waals surface area contributed by atoms with Crippen molar-refractivity contribution < 1.29 is 4.11 Å². The number of hydrogen-bond donors (Lipinski definition) is 0. The molecule has 0 atom stereocenters. The first-order valence-electron chi connectivity index (χ1n) is 4.43. The number of halogens is 1. The fourth-order valence-electron chi connectivity index (χ4n) is 0.876. The Morgan fingerprint density at radius 1 is 1.27 bits per heavy atom. The summed E-state index contributed by atoms with van der Waals surface area (Å²) in [6.07, 6.45) is 6.76. The lowest BCUT2D eigenvalue weighted by Crippen LogP contribution is -2.13. The van der Waals surface area contributed by atoms with Crippen LogP contribution in [0.1, 0.15) is 32.6 Å². The number of hydrogen-bond acceptors (Lipinski definition) is 0. The maximum absolute atomic E-state index is 13.0. The van der Waals surface area contributed by atoms with Crippen LogP contribution in [0.2, 0.25) is 13.1 Å². The number of rotatable bonds is 5. The molecule has 0 aliphatic rings. The molecule has 0 aromatic rings. The van der Waals surface area contributed by atoms with Gasteiger partial charge in [-0.15, -0.1) is 0 Å². The predicted molar refractivity (Wildman–Crippen MR) is 51.9 cm³/mol. The monoisotopic (exact) mass is 174 g/mol. The summed E-state index contributed by atoms with van der Waals surface area (Å²) in [5.74, 6) is 0. The minimum Gasteiger partial charge on any atom is -0.309 e. The van der Waals surface area contributed by atoms with Crippen LogP contribution in [0.5, 0.6) is 0 Å². The first kappa shape index (κ1) is 10.9. The maximum Gasteiger partial charge on any atom is 0.264 e. The second-order valence-electron chi connectivity index (χ2n) is 3.46. The van der Waals surface area contributed by atoms with E-state index in [-0.39, 0.29) is 0 Å². The lowest BCUT2D eigenvalue weighted by Gasteiger charge is -2.01. The first-order chi connectivity index (χ1) is 5.06. The summed E-state index contributed by atoms with van der Waals surface area (Å²) >= 11 is 0. The second kappa shape index (κ2) is 5.53. The second-order valence-corrected chi connectivity index (χ2v) is 6.92. The van der Waals surface area contributed by atoms with Crippen LogP contribution in [0.15, 0.2) is 11.8 Å². The van der Waals surface area contributed by atoms with Crippen LogP contribution in [0.25, 0.3) is 0 Å². The molecule has 0 saturated heterocycles. The van der Waals surface area contributed by atoms with Gasteiger partial charge in [-0.25, -0.2) is 0 Å². The molecule has 0 N–H and O–H groups in total. The lowest BCUT2D eigenvalue weighted by molar-refractivity contribution is 0.728. The molecule has 0 aliphatic heterocycles. The topological polar surface area (TPSA) is 0 Å². The smallest absolute Gasteiger partial charge is 0.264 e. The molecule has 66 valence electrons. The Labute approximate surface area is 70.7 Å². The van der Waals surface area contributed by atoms with Crippen LogP contribution in [0, 0.1) is 0 Å². The van der Waals surface area contributed by atoms with Crippen molar-refractivity contribution >= 4 is 8.41 Å². The third-order valence-corrected chi connectivity index (χ3v) is 2.52. The maximum atomic E-state index is 13.0. The predicted octanol–water partition coefficient (Wildman–Crippen LogP) is 3.84. The van der Waals surface area contributed by atoms with Gasteiger partial charge in [-0.05, 0) is 25.9 Å². The van der Waals surface area contributed by atoms with Gasteiger partial charge in [-0.2, -0.15) is 0 Å². The quantitative estimate of drug-likeness (QED) is 0.337. The highest BCUT2D eigenvalue weighted by Crippen LogP contribution is 2.07. The standard InChI is InChI=1S/C9H19FSi/c1-4-5-6-7-8-9-11(2,3)10/h8-9H,4-7H2,1-3H3/b9-8+. The fourth-order valence-corrected chi connectivity index (χ4v) is 1.60. The van der Waals surface area contributed by atoms with E-state index in [1.807, 2.05) is 6.08 Å². The van der Waals surface area contributed by atoms with Crippen molar-refractivity contribution in [3.63, 3.8) is 0 Å². The Hall–Kier alpha value is -0.113. The third kappa shape index (κ3) is 9.89. The normalized spacial score (nSPS) is 12.7. The molecule has 0 amide bonds. The molecule has 0 nitrogen and oxygen atoms in total. The Morgan fingerprint density at radius 2 is 1.91 bits per heavy atom. The van der Waals surface area contributed by atoms with E-state index in [4.69, 9.17) is 0 Å². The highest BCUT2D eigenvalue weighted by atomic mass is 28.4. The van der Waals surface area contributed by atoms with Crippen molar-refractivity contribution in [3.05, 3.63) is 11.8 Å². The molecule has 0 unspecified atom stereocenters. The average molecular weight is 174 g/mol. The van der Waals surface area contributed by atoms with Crippen molar-refractivity contribution in [1.29, 1.82) is 0 Å². The molecule has 0 aliphatic carbocycles. The van der Waals surface area contributed by atoms with E-state index in [1.54, 1.807) is 18.8 Å². The molecule has 0 heterocycles. The van der Waals surface area contributed by atoms with Crippen LogP contribution in [0.3, 0.4) is 0 Å². The molecular weight excluding hydrogens is 155 g/mol. The third-order valence-electron chi connectivity index (χ3n) is 1.49. The van der Waals surface area contributed by atoms with Gasteiger partial charge >= 0.3 is 0 Å². The Balaban J connectivity index is 3.30. The highest BCUT2D eigenvalue weighted by Gasteiger charge is 2.13. The van der Waals surface area contributed by atoms with Gasteiger partial charge in [-0.3, -0.25) is 0 Å². The summed E-state index contributed by atoms with van der Waals surface area (Å²) in [6, 6.07) is 0. The summed E-state index contributed by atoms with van der Waals surface area (Å²) in [6.45, 7) is 5.60. The average Bonchev–Trinajstić information content (AvgIpc) is 1.85. The van der Waals surface area contributed by atoms with E-state index in [1.165, 1.54) is 19.3 Å². The SMILES string of the molecule is CCCCC/C=C/[Si](C)(C)F. The minimum atomic E-state index is -2.40.